The van der Waals surface area contributed by atoms with Gasteiger partial charge >= 0.3 is 0 Å². The molecule has 2 heterocycles. The predicted octanol–water partition coefficient (Wildman–Crippen LogP) is 1.47. The van der Waals surface area contributed by atoms with E-state index in [1.165, 1.54) is 0 Å². The van der Waals surface area contributed by atoms with E-state index in [9.17, 15) is 0 Å². The Balaban J connectivity index is 2.09. The number of alkyl halides is 1. The molecule has 1 aromatic rings. The van der Waals surface area contributed by atoms with Crippen LogP contribution < -0.4 is 4.90 Å². The fourth-order valence-electron chi connectivity index (χ4n) is 1.78. The highest BCUT2D eigenvalue weighted by Gasteiger charge is 2.25. The maximum atomic E-state index is 5.75. The highest BCUT2D eigenvalue weighted by molar-refractivity contribution is 9.09. The van der Waals surface area contributed by atoms with Gasteiger partial charge in [0.15, 0.2) is 5.82 Å². The summed E-state index contributed by atoms with van der Waals surface area (Å²) in [7, 11) is 0. The molecule has 2 atom stereocenters. The van der Waals surface area contributed by atoms with Gasteiger partial charge in [-0.05, 0) is 19.1 Å². The quantitative estimate of drug-likeness (QED) is 0.764. The number of rotatable bonds is 2. The van der Waals surface area contributed by atoms with Crippen LogP contribution in [0.5, 0.6) is 0 Å². The van der Waals surface area contributed by atoms with E-state index in [1.807, 2.05) is 12.1 Å². The molecule has 0 radical (unpaired) electrons. The van der Waals surface area contributed by atoms with Crippen LogP contribution in [0.3, 0.4) is 0 Å². The second-order valence-corrected chi connectivity index (χ2v) is 4.36. The van der Waals surface area contributed by atoms with Crippen molar-refractivity contribution < 1.29 is 4.74 Å². The van der Waals surface area contributed by atoms with Gasteiger partial charge in [0.1, 0.15) is 0 Å². The zero-order valence-corrected chi connectivity index (χ0v) is 10.2. The smallest absolute Gasteiger partial charge is 0.151 e. The van der Waals surface area contributed by atoms with Gasteiger partial charge in [0, 0.05) is 24.6 Å². The molecule has 15 heavy (non-hydrogen) atoms. The molecule has 0 spiro atoms. The Morgan fingerprint density at radius 2 is 2.47 bits per heavy atom. The number of anilines is 1. The molecule has 0 bridgehead atoms. The first-order valence-electron chi connectivity index (χ1n) is 5.03. The third-order valence-corrected chi connectivity index (χ3v) is 3.10. The minimum Gasteiger partial charge on any atom is -0.371 e. The number of aromatic nitrogens is 2. The van der Waals surface area contributed by atoms with Gasteiger partial charge in [0.25, 0.3) is 0 Å². The van der Waals surface area contributed by atoms with E-state index in [0.717, 1.165) is 24.2 Å². The fraction of sp³-hybridized carbons (Fsp3) is 0.600. The van der Waals surface area contributed by atoms with Gasteiger partial charge < -0.3 is 9.64 Å². The molecule has 2 unspecified atom stereocenters. The average Bonchev–Trinajstić information content (AvgIpc) is 2.29. The minimum absolute atomic E-state index is 0.232. The average molecular weight is 272 g/mol. The zero-order chi connectivity index (χ0) is 10.7. The summed E-state index contributed by atoms with van der Waals surface area (Å²) in [6, 6.07) is 3.89. The van der Waals surface area contributed by atoms with Crippen LogP contribution >= 0.6 is 15.9 Å². The molecule has 82 valence electrons. The number of nitrogens with zero attached hydrogens (tertiary/aromatic N) is 3. The fourth-order valence-corrected chi connectivity index (χ4v) is 2.14. The van der Waals surface area contributed by atoms with E-state index in [1.54, 1.807) is 6.20 Å². The molecule has 2 rings (SSSR count). The van der Waals surface area contributed by atoms with Crippen LogP contribution in [0.15, 0.2) is 18.3 Å². The first-order valence-corrected chi connectivity index (χ1v) is 6.16. The summed E-state index contributed by atoms with van der Waals surface area (Å²) in [4.78, 5) is 2.22. The van der Waals surface area contributed by atoms with E-state index in [-0.39, 0.29) is 12.2 Å². The molecular weight excluding hydrogens is 258 g/mol. The molecule has 4 nitrogen and oxygen atoms in total. The summed E-state index contributed by atoms with van der Waals surface area (Å²) in [5.41, 5.74) is 0. The molecule has 0 amide bonds. The van der Waals surface area contributed by atoms with Crippen molar-refractivity contribution in [2.75, 3.05) is 23.3 Å². The van der Waals surface area contributed by atoms with Crippen LogP contribution in [0.4, 0.5) is 5.82 Å². The summed E-state index contributed by atoms with van der Waals surface area (Å²) in [6.45, 7) is 3.83. The van der Waals surface area contributed by atoms with Crippen molar-refractivity contribution in [1.29, 1.82) is 0 Å². The van der Waals surface area contributed by atoms with Crippen LogP contribution in [0.2, 0.25) is 0 Å². The molecule has 1 fully saturated rings. The number of hydrogen-bond donors (Lipinski definition) is 0. The van der Waals surface area contributed by atoms with Gasteiger partial charge in [-0.1, -0.05) is 15.9 Å². The summed E-state index contributed by atoms with van der Waals surface area (Å²) in [5, 5.41) is 8.86. The van der Waals surface area contributed by atoms with Crippen molar-refractivity contribution in [2.45, 2.75) is 19.1 Å². The second-order valence-electron chi connectivity index (χ2n) is 3.71. The normalized spacial score (nSPS) is 26.7. The molecule has 0 aliphatic carbocycles. The number of morpholine rings is 1. The summed E-state index contributed by atoms with van der Waals surface area (Å²) in [6.07, 6.45) is 2.16. The molecule has 5 heteroatoms. The highest BCUT2D eigenvalue weighted by atomic mass is 79.9. The predicted molar refractivity (Wildman–Crippen MR) is 62.4 cm³/mol. The Labute approximate surface area is 97.8 Å². The summed E-state index contributed by atoms with van der Waals surface area (Å²) < 4.78 is 5.75. The monoisotopic (exact) mass is 271 g/mol. The Morgan fingerprint density at radius 1 is 1.60 bits per heavy atom. The third-order valence-electron chi connectivity index (χ3n) is 2.38. The van der Waals surface area contributed by atoms with Crippen molar-refractivity contribution >= 4 is 21.7 Å². The van der Waals surface area contributed by atoms with Crippen LogP contribution in [0, 0.1) is 0 Å². The Bertz CT molecular complexity index is 309. The largest absolute Gasteiger partial charge is 0.371 e. The van der Waals surface area contributed by atoms with Gasteiger partial charge in [0.2, 0.25) is 0 Å². The first kappa shape index (κ1) is 10.8. The van der Waals surface area contributed by atoms with Crippen LogP contribution in [0.1, 0.15) is 6.92 Å². The number of hydrogen-bond acceptors (Lipinski definition) is 4. The zero-order valence-electron chi connectivity index (χ0n) is 8.64. The van der Waals surface area contributed by atoms with E-state index < -0.39 is 0 Å². The van der Waals surface area contributed by atoms with Crippen LogP contribution in [0.25, 0.3) is 0 Å². The Morgan fingerprint density at radius 3 is 3.13 bits per heavy atom. The molecule has 1 aliphatic heterocycles. The second kappa shape index (κ2) is 4.90. The van der Waals surface area contributed by atoms with Gasteiger partial charge in [0.05, 0.1) is 12.2 Å². The maximum Gasteiger partial charge on any atom is 0.151 e. The lowest BCUT2D eigenvalue weighted by atomic mass is 10.2. The van der Waals surface area contributed by atoms with E-state index >= 15 is 0 Å². The van der Waals surface area contributed by atoms with Gasteiger partial charge in [-0.25, -0.2) is 0 Å². The van der Waals surface area contributed by atoms with Crippen molar-refractivity contribution in [3.8, 4) is 0 Å². The lowest BCUT2D eigenvalue weighted by Crippen LogP contribution is -2.47. The lowest BCUT2D eigenvalue weighted by molar-refractivity contribution is -0.00227. The molecule has 1 saturated heterocycles. The Hall–Kier alpha value is -0.680. The molecule has 1 aliphatic rings. The van der Waals surface area contributed by atoms with Crippen LogP contribution in [-0.2, 0) is 4.74 Å². The van der Waals surface area contributed by atoms with E-state index in [0.29, 0.717) is 0 Å². The lowest BCUT2D eigenvalue weighted by Gasteiger charge is -2.36. The first-order chi connectivity index (χ1) is 7.29. The van der Waals surface area contributed by atoms with Gasteiger partial charge in [-0.2, -0.15) is 5.10 Å². The van der Waals surface area contributed by atoms with Crippen molar-refractivity contribution in [1.82, 2.24) is 10.2 Å². The summed E-state index contributed by atoms with van der Waals surface area (Å²) in [5.74, 6) is 0.929. The maximum absolute atomic E-state index is 5.75. The summed E-state index contributed by atoms with van der Waals surface area (Å²) >= 11 is 3.45. The van der Waals surface area contributed by atoms with Crippen LogP contribution in [-0.4, -0.2) is 40.8 Å². The van der Waals surface area contributed by atoms with Crippen molar-refractivity contribution in [2.24, 2.45) is 0 Å². The SMILES string of the molecule is CC1CN(c2cccnn2)CC(CBr)O1. The van der Waals surface area contributed by atoms with Crippen molar-refractivity contribution in [3.63, 3.8) is 0 Å². The Kier molecular flexibility index (Phi) is 3.53. The topological polar surface area (TPSA) is 38.2 Å². The van der Waals surface area contributed by atoms with Crippen molar-refractivity contribution in [3.05, 3.63) is 18.3 Å². The van der Waals surface area contributed by atoms with E-state index in [4.69, 9.17) is 4.74 Å². The van der Waals surface area contributed by atoms with Gasteiger partial charge in [-0.3, -0.25) is 0 Å². The van der Waals surface area contributed by atoms with E-state index in [2.05, 4.69) is 38.0 Å². The standard InChI is InChI=1S/C10H14BrN3O/c1-8-6-14(7-9(5-11)15-8)10-3-2-4-12-13-10/h2-4,8-9H,5-7H2,1H3. The number of ether oxygens (including phenoxy) is 1. The molecule has 0 N–H and O–H groups in total. The minimum atomic E-state index is 0.232. The molecule has 1 aromatic heterocycles. The third kappa shape index (κ3) is 2.66. The molecular formula is C10H14BrN3O. The van der Waals surface area contributed by atoms with Gasteiger partial charge in [-0.15, -0.1) is 5.10 Å². The molecule has 0 aromatic carbocycles. The highest BCUT2D eigenvalue weighted by Crippen LogP contribution is 2.18. The molecule has 0 saturated carbocycles. The number of halogens is 1.